The standard InChI is InChI=1S/C11H14N2O/c12-13-9-5-1-3-7(9)11(14)8-4-2-6-10(8)13/h1-6,12H2. The van der Waals surface area contributed by atoms with Gasteiger partial charge >= 0.3 is 0 Å². The molecule has 1 aromatic rings. The van der Waals surface area contributed by atoms with E-state index < -0.39 is 0 Å². The molecule has 14 heavy (non-hydrogen) atoms. The molecule has 0 unspecified atom stereocenters. The van der Waals surface area contributed by atoms with Crippen LogP contribution in [0.2, 0.25) is 0 Å². The van der Waals surface area contributed by atoms with E-state index in [-0.39, 0.29) is 0 Å². The zero-order valence-electron chi connectivity index (χ0n) is 8.18. The summed E-state index contributed by atoms with van der Waals surface area (Å²) in [6.07, 6.45) is 6.00. The van der Waals surface area contributed by atoms with Gasteiger partial charge in [-0.25, -0.2) is 0 Å². The van der Waals surface area contributed by atoms with Gasteiger partial charge in [0.15, 0.2) is 5.43 Å². The van der Waals surface area contributed by atoms with Crippen molar-refractivity contribution in [1.29, 1.82) is 0 Å². The lowest BCUT2D eigenvalue weighted by Crippen LogP contribution is -2.26. The van der Waals surface area contributed by atoms with Crippen molar-refractivity contribution in [2.24, 2.45) is 0 Å². The van der Waals surface area contributed by atoms with E-state index in [9.17, 15) is 4.79 Å². The molecule has 0 saturated heterocycles. The van der Waals surface area contributed by atoms with Gasteiger partial charge < -0.3 is 5.84 Å². The van der Waals surface area contributed by atoms with Gasteiger partial charge in [0.2, 0.25) is 0 Å². The zero-order valence-corrected chi connectivity index (χ0v) is 8.18. The van der Waals surface area contributed by atoms with Crippen LogP contribution in [0.25, 0.3) is 0 Å². The highest BCUT2D eigenvalue weighted by atomic mass is 16.1. The highest BCUT2D eigenvalue weighted by molar-refractivity contribution is 5.37. The molecule has 2 aliphatic carbocycles. The van der Waals surface area contributed by atoms with Gasteiger partial charge in [0.05, 0.1) is 0 Å². The van der Waals surface area contributed by atoms with Gasteiger partial charge in [-0.15, -0.1) is 0 Å². The number of nitrogens with zero attached hydrogens (tertiary/aromatic N) is 1. The number of fused-ring (bicyclic) bond motifs is 2. The summed E-state index contributed by atoms with van der Waals surface area (Å²) >= 11 is 0. The van der Waals surface area contributed by atoms with Crippen molar-refractivity contribution in [1.82, 2.24) is 4.68 Å². The summed E-state index contributed by atoms with van der Waals surface area (Å²) in [6, 6.07) is 0. The molecule has 3 heteroatoms. The Hall–Kier alpha value is -1.25. The topological polar surface area (TPSA) is 48.0 Å². The largest absolute Gasteiger partial charge is 0.339 e. The van der Waals surface area contributed by atoms with Crippen LogP contribution in [0.4, 0.5) is 0 Å². The van der Waals surface area contributed by atoms with Gasteiger partial charge in [0, 0.05) is 22.5 Å². The van der Waals surface area contributed by atoms with Crippen molar-refractivity contribution in [3.8, 4) is 0 Å². The van der Waals surface area contributed by atoms with Crippen LogP contribution in [0.5, 0.6) is 0 Å². The molecule has 0 aliphatic heterocycles. The minimum atomic E-state index is 0.298. The maximum absolute atomic E-state index is 12.0. The molecule has 1 heterocycles. The number of hydrogen-bond acceptors (Lipinski definition) is 2. The molecule has 0 spiro atoms. The SMILES string of the molecule is Nn1c2c(c(=O)c3c1CCC3)CCC2. The lowest BCUT2D eigenvalue weighted by atomic mass is 10.1. The lowest BCUT2D eigenvalue weighted by Gasteiger charge is -2.12. The summed E-state index contributed by atoms with van der Waals surface area (Å²) in [4.78, 5) is 12.0. The van der Waals surface area contributed by atoms with E-state index in [2.05, 4.69) is 0 Å². The molecule has 0 saturated carbocycles. The maximum Gasteiger partial charge on any atom is 0.188 e. The predicted octanol–water partition coefficient (Wildman–Crippen LogP) is 0.539. The fourth-order valence-electron chi connectivity index (χ4n) is 2.82. The molecule has 1 aromatic heterocycles. The normalized spacial score (nSPS) is 18.3. The molecule has 74 valence electrons. The monoisotopic (exact) mass is 190 g/mol. The molecule has 2 aliphatic rings. The Morgan fingerprint density at radius 3 is 1.93 bits per heavy atom. The molecule has 0 fully saturated rings. The van der Waals surface area contributed by atoms with Crippen molar-refractivity contribution in [2.75, 3.05) is 5.84 Å². The number of nitrogen functional groups attached to an aromatic ring is 1. The number of pyridine rings is 1. The third-order valence-corrected chi connectivity index (χ3v) is 3.51. The van der Waals surface area contributed by atoms with Gasteiger partial charge in [-0.3, -0.25) is 9.47 Å². The molecule has 0 atom stereocenters. The van der Waals surface area contributed by atoms with Crippen molar-refractivity contribution in [2.45, 2.75) is 38.5 Å². The second-order valence-corrected chi connectivity index (χ2v) is 4.26. The van der Waals surface area contributed by atoms with Crippen LogP contribution < -0.4 is 11.3 Å². The van der Waals surface area contributed by atoms with Crippen molar-refractivity contribution in [3.05, 3.63) is 32.7 Å². The maximum atomic E-state index is 12.0. The smallest absolute Gasteiger partial charge is 0.188 e. The van der Waals surface area contributed by atoms with Crippen LogP contribution in [-0.4, -0.2) is 4.68 Å². The quantitative estimate of drug-likeness (QED) is 0.607. The molecule has 3 rings (SSSR count). The first-order valence-corrected chi connectivity index (χ1v) is 5.32. The van der Waals surface area contributed by atoms with Gasteiger partial charge in [-0.05, 0) is 38.5 Å². The minimum Gasteiger partial charge on any atom is -0.339 e. The minimum absolute atomic E-state index is 0.298. The van der Waals surface area contributed by atoms with E-state index in [1.54, 1.807) is 4.68 Å². The van der Waals surface area contributed by atoms with Gasteiger partial charge in [0.25, 0.3) is 0 Å². The zero-order chi connectivity index (χ0) is 9.71. The van der Waals surface area contributed by atoms with E-state index in [1.807, 2.05) is 0 Å². The van der Waals surface area contributed by atoms with E-state index in [0.717, 1.165) is 61.0 Å². The van der Waals surface area contributed by atoms with E-state index in [4.69, 9.17) is 5.84 Å². The Labute approximate surface area is 82.5 Å². The molecule has 3 nitrogen and oxygen atoms in total. The molecule has 2 N–H and O–H groups in total. The fourth-order valence-corrected chi connectivity index (χ4v) is 2.82. The molecular formula is C11H14N2O. The first-order chi connectivity index (χ1) is 6.79. The van der Waals surface area contributed by atoms with Crippen LogP contribution >= 0.6 is 0 Å². The molecule has 0 radical (unpaired) electrons. The fraction of sp³-hybridized carbons (Fsp3) is 0.545. The summed E-state index contributed by atoms with van der Waals surface area (Å²) in [5.41, 5.74) is 4.47. The number of nitrogens with two attached hydrogens (primary N) is 1. The number of aromatic nitrogens is 1. The Morgan fingerprint density at radius 2 is 1.43 bits per heavy atom. The van der Waals surface area contributed by atoms with Crippen LogP contribution in [0, 0.1) is 0 Å². The van der Waals surface area contributed by atoms with Crippen LogP contribution in [0.1, 0.15) is 35.4 Å². The summed E-state index contributed by atoms with van der Waals surface area (Å²) in [6.45, 7) is 0. The summed E-state index contributed by atoms with van der Waals surface area (Å²) < 4.78 is 1.80. The van der Waals surface area contributed by atoms with Crippen LogP contribution in [-0.2, 0) is 25.7 Å². The first kappa shape index (κ1) is 8.09. The summed E-state index contributed by atoms with van der Waals surface area (Å²) in [7, 11) is 0. The predicted molar refractivity (Wildman–Crippen MR) is 54.9 cm³/mol. The van der Waals surface area contributed by atoms with Crippen LogP contribution in [0.3, 0.4) is 0 Å². The summed E-state index contributed by atoms with van der Waals surface area (Å²) in [5.74, 6) is 6.03. The Morgan fingerprint density at radius 1 is 0.929 bits per heavy atom. The first-order valence-electron chi connectivity index (χ1n) is 5.32. The van der Waals surface area contributed by atoms with Crippen molar-refractivity contribution in [3.63, 3.8) is 0 Å². The third-order valence-electron chi connectivity index (χ3n) is 3.51. The van der Waals surface area contributed by atoms with Gasteiger partial charge in [0.1, 0.15) is 0 Å². The molecule has 0 bridgehead atoms. The molecular weight excluding hydrogens is 176 g/mol. The van der Waals surface area contributed by atoms with Crippen LogP contribution in [0.15, 0.2) is 4.79 Å². The Balaban J connectivity index is 2.39. The van der Waals surface area contributed by atoms with E-state index >= 15 is 0 Å². The Bertz CT molecular complexity index is 421. The summed E-state index contributed by atoms with van der Waals surface area (Å²) in [5, 5.41) is 0. The van der Waals surface area contributed by atoms with Crippen molar-refractivity contribution >= 4 is 0 Å². The average Bonchev–Trinajstić information content (AvgIpc) is 2.82. The lowest BCUT2D eigenvalue weighted by molar-refractivity contribution is 0.791. The molecule has 0 amide bonds. The second kappa shape index (κ2) is 2.62. The number of hydrogen-bond donors (Lipinski definition) is 1. The van der Waals surface area contributed by atoms with E-state index in [0.29, 0.717) is 5.43 Å². The highest BCUT2D eigenvalue weighted by Gasteiger charge is 2.25. The van der Waals surface area contributed by atoms with Gasteiger partial charge in [-0.2, -0.15) is 0 Å². The average molecular weight is 190 g/mol. The van der Waals surface area contributed by atoms with E-state index in [1.165, 1.54) is 0 Å². The third kappa shape index (κ3) is 0.846. The second-order valence-electron chi connectivity index (χ2n) is 4.26. The Kier molecular flexibility index (Phi) is 1.52. The molecule has 0 aromatic carbocycles. The van der Waals surface area contributed by atoms with Gasteiger partial charge in [-0.1, -0.05) is 0 Å². The number of rotatable bonds is 0. The van der Waals surface area contributed by atoms with Crippen molar-refractivity contribution < 1.29 is 0 Å². The highest BCUT2D eigenvalue weighted by Crippen LogP contribution is 2.25.